The van der Waals surface area contributed by atoms with Gasteiger partial charge in [-0.3, -0.25) is 0 Å². The monoisotopic (exact) mass is 275 g/mol. The fourth-order valence-electron chi connectivity index (χ4n) is 1.92. The van der Waals surface area contributed by atoms with Crippen LogP contribution in [-0.2, 0) is 0 Å². The summed E-state index contributed by atoms with van der Waals surface area (Å²) in [6.07, 6.45) is 5.52. The molecule has 1 saturated carbocycles. The molecule has 106 valence electrons. The van der Waals surface area contributed by atoms with Crippen molar-refractivity contribution < 1.29 is 0 Å². The first-order valence-electron chi connectivity index (χ1n) is 6.53. The van der Waals surface area contributed by atoms with Crippen LogP contribution in [0.3, 0.4) is 0 Å². The average Bonchev–Trinajstić information content (AvgIpc) is 3.13. The predicted molar refractivity (Wildman–Crippen MR) is 73.3 cm³/mol. The number of hydrogen-bond donors (Lipinski definition) is 2. The second-order valence-electron chi connectivity index (χ2n) is 4.80. The van der Waals surface area contributed by atoms with Crippen LogP contribution in [-0.4, -0.2) is 60.8 Å². The van der Waals surface area contributed by atoms with Crippen molar-refractivity contribution in [3.63, 3.8) is 0 Å². The van der Waals surface area contributed by atoms with Crippen molar-refractivity contribution in [2.24, 2.45) is 0 Å². The Labute approximate surface area is 116 Å². The van der Waals surface area contributed by atoms with Crippen LogP contribution >= 0.6 is 0 Å². The third kappa shape index (κ3) is 2.99. The molecule has 3 N–H and O–H groups in total. The molecule has 0 radical (unpaired) electrons. The molecule has 2 aromatic heterocycles. The second-order valence-corrected chi connectivity index (χ2v) is 4.80. The van der Waals surface area contributed by atoms with Crippen molar-refractivity contribution in [2.75, 3.05) is 31.2 Å². The number of aromatic nitrogens is 6. The zero-order valence-corrected chi connectivity index (χ0v) is 11.3. The molecule has 0 unspecified atom stereocenters. The zero-order valence-electron chi connectivity index (χ0n) is 11.3. The van der Waals surface area contributed by atoms with Crippen molar-refractivity contribution in [1.29, 1.82) is 0 Å². The Morgan fingerprint density at radius 3 is 2.95 bits per heavy atom. The molecule has 0 atom stereocenters. The number of hydrogen-bond acceptors (Lipinski definition) is 8. The van der Waals surface area contributed by atoms with E-state index in [1.807, 2.05) is 0 Å². The summed E-state index contributed by atoms with van der Waals surface area (Å²) in [5, 5.41) is 7.13. The van der Waals surface area contributed by atoms with Gasteiger partial charge in [-0.05, 0) is 19.9 Å². The van der Waals surface area contributed by atoms with E-state index in [2.05, 4.69) is 42.3 Å². The minimum Gasteiger partial charge on any atom is -0.368 e. The number of anilines is 2. The predicted octanol–water partition coefficient (Wildman–Crippen LogP) is -0.459. The average molecular weight is 275 g/mol. The molecule has 0 aromatic carbocycles. The summed E-state index contributed by atoms with van der Waals surface area (Å²) in [7, 11) is 2.13. The number of nitrogens with zero attached hydrogens (tertiary/aromatic N) is 7. The maximum Gasteiger partial charge on any atom is 0.258 e. The molecular formula is C11H17N9. The molecule has 0 aliphatic heterocycles. The molecule has 0 bridgehead atoms. The van der Waals surface area contributed by atoms with E-state index in [0.717, 1.165) is 19.1 Å². The maximum atomic E-state index is 5.68. The molecule has 1 aliphatic carbocycles. The van der Waals surface area contributed by atoms with Gasteiger partial charge in [0.2, 0.25) is 11.9 Å². The Kier molecular flexibility index (Phi) is 3.42. The third-order valence-electron chi connectivity index (χ3n) is 3.18. The summed E-state index contributed by atoms with van der Waals surface area (Å²) >= 11 is 0. The summed E-state index contributed by atoms with van der Waals surface area (Å²) in [6.45, 7) is 1.70. The second kappa shape index (κ2) is 5.37. The van der Waals surface area contributed by atoms with E-state index in [-0.39, 0.29) is 5.95 Å². The number of rotatable bonds is 6. The highest BCUT2D eigenvalue weighted by molar-refractivity contribution is 5.34. The molecule has 0 spiro atoms. The SMILES string of the molecule is CN(CCNc1nc(N)nc(-n2cncn2)n1)C1CC1. The quantitative estimate of drug-likeness (QED) is 0.728. The molecule has 3 rings (SSSR count). The van der Waals surface area contributed by atoms with Crippen LogP contribution in [0, 0.1) is 0 Å². The van der Waals surface area contributed by atoms with Gasteiger partial charge in [0.05, 0.1) is 0 Å². The highest BCUT2D eigenvalue weighted by Gasteiger charge is 2.25. The number of nitrogen functional groups attached to an aromatic ring is 1. The van der Waals surface area contributed by atoms with Gasteiger partial charge >= 0.3 is 0 Å². The van der Waals surface area contributed by atoms with E-state index in [0.29, 0.717) is 11.9 Å². The van der Waals surface area contributed by atoms with Gasteiger partial charge in [-0.2, -0.15) is 24.7 Å². The van der Waals surface area contributed by atoms with Crippen molar-refractivity contribution in [3.8, 4) is 5.95 Å². The summed E-state index contributed by atoms with van der Waals surface area (Å²) in [4.78, 5) is 18.5. The highest BCUT2D eigenvalue weighted by atomic mass is 15.4. The van der Waals surface area contributed by atoms with Gasteiger partial charge in [-0.1, -0.05) is 0 Å². The van der Waals surface area contributed by atoms with Crippen LogP contribution in [0.5, 0.6) is 0 Å². The lowest BCUT2D eigenvalue weighted by Crippen LogP contribution is -2.27. The van der Waals surface area contributed by atoms with Crippen molar-refractivity contribution >= 4 is 11.9 Å². The molecule has 2 aromatic rings. The van der Waals surface area contributed by atoms with Gasteiger partial charge in [0.25, 0.3) is 5.95 Å². The largest absolute Gasteiger partial charge is 0.368 e. The Balaban J connectivity index is 1.63. The van der Waals surface area contributed by atoms with Gasteiger partial charge in [-0.15, -0.1) is 0 Å². The lowest BCUT2D eigenvalue weighted by atomic mass is 10.5. The maximum absolute atomic E-state index is 5.68. The van der Waals surface area contributed by atoms with Crippen molar-refractivity contribution in [3.05, 3.63) is 12.7 Å². The first kappa shape index (κ1) is 12.7. The first-order chi connectivity index (χ1) is 9.72. The minimum absolute atomic E-state index is 0.156. The molecular weight excluding hydrogens is 258 g/mol. The standard InChI is InChI=1S/C11H17N9/c1-19(8-2-3-8)5-4-14-10-16-9(12)17-11(18-10)20-7-13-6-15-20/h6-8H,2-5H2,1H3,(H3,12,14,16,17,18). The van der Waals surface area contributed by atoms with E-state index in [9.17, 15) is 0 Å². The Morgan fingerprint density at radius 1 is 1.40 bits per heavy atom. The Hall–Kier alpha value is -2.29. The minimum atomic E-state index is 0.156. The Morgan fingerprint density at radius 2 is 2.25 bits per heavy atom. The molecule has 1 aliphatic rings. The van der Waals surface area contributed by atoms with Gasteiger partial charge in [-0.25, -0.2) is 4.98 Å². The first-order valence-corrected chi connectivity index (χ1v) is 6.53. The molecule has 1 fully saturated rings. The van der Waals surface area contributed by atoms with Crippen LogP contribution < -0.4 is 11.1 Å². The smallest absolute Gasteiger partial charge is 0.258 e. The zero-order chi connectivity index (χ0) is 13.9. The van der Waals surface area contributed by atoms with Crippen LogP contribution in [0.4, 0.5) is 11.9 Å². The fourth-order valence-corrected chi connectivity index (χ4v) is 1.92. The van der Waals surface area contributed by atoms with Gasteiger partial charge in [0.1, 0.15) is 12.7 Å². The van der Waals surface area contributed by atoms with E-state index in [1.54, 1.807) is 0 Å². The number of nitrogens with one attached hydrogen (secondary N) is 1. The van der Waals surface area contributed by atoms with Gasteiger partial charge < -0.3 is 16.0 Å². The summed E-state index contributed by atoms with van der Waals surface area (Å²) in [5.74, 6) is 0.962. The molecule has 0 amide bonds. The third-order valence-corrected chi connectivity index (χ3v) is 3.18. The normalized spacial score (nSPS) is 14.7. The number of nitrogens with two attached hydrogens (primary N) is 1. The van der Waals surface area contributed by atoms with Crippen LogP contribution in [0.1, 0.15) is 12.8 Å². The lowest BCUT2D eigenvalue weighted by molar-refractivity contribution is 0.337. The lowest BCUT2D eigenvalue weighted by Gasteiger charge is -2.15. The van der Waals surface area contributed by atoms with Gasteiger partial charge in [0, 0.05) is 19.1 Å². The molecule has 2 heterocycles. The molecule has 9 nitrogen and oxygen atoms in total. The number of likely N-dealkylation sites (N-methyl/N-ethyl adjacent to an activating group) is 1. The molecule has 20 heavy (non-hydrogen) atoms. The van der Waals surface area contributed by atoms with Crippen molar-refractivity contribution in [1.82, 2.24) is 34.6 Å². The molecule has 9 heteroatoms. The van der Waals surface area contributed by atoms with Crippen LogP contribution in [0.25, 0.3) is 5.95 Å². The summed E-state index contributed by atoms with van der Waals surface area (Å²) in [5.41, 5.74) is 5.68. The van der Waals surface area contributed by atoms with Crippen LogP contribution in [0.2, 0.25) is 0 Å². The van der Waals surface area contributed by atoms with E-state index < -0.39 is 0 Å². The topological polar surface area (TPSA) is 111 Å². The van der Waals surface area contributed by atoms with E-state index in [4.69, 9.17) is 5.73 Å². The summed E-state index contributed by atoms with van der Waals surface area (Å²) in [6, 6.07) is 0.742. The van der Waals surface area contributed by atoms with E-state index >= 15 is 0 Å². The highest BCUT2D eigenvalue weighted by Crippen LogP contribution is 2.24. The van der Waals surface area contributed by atoms with Crippen LogP contribution in [0.15, 0.2) is 12.7 Å². The van der Waals surface area contributed by atoms with E-state index in [1.165, 1.54) is 30.2 Å². The van der Waals surface area contributed by atoms with Crippen molar-refractivity contribution in [2.45, 2.75) is 18.9 Å². The fraction of sp³-hybridized carbons (Fsp3) is 0.545. The van der Waals surface area contributed by atoms with Gasteiger partial charge in [0.15, 0.2) is 0 Å². The molecule has 0 saturated heterocycles. The Bertz CT molecular complexity index is 563. The summed E-state index contributed by atoms with van der Waals surface area (Å²) < 4.78 is 1.44.